The van der Waals surface area contributed by atoms with E-state index in [2.05, 4.69) is 11.2 Å². The summed E-state index contributed by atoms with van der Waals surface area (Å²) >= 11 is 0. The van der Waals surface area contributed by atoms with Gasteiger partial charge in [-0.25, -0.2) is 4.39 Å². The quantitative estimate of drug-likeness (QED) is 0.859. The predicted octanol–water partition coefficient (Wildman–Crippen LogP) is 2.25. The first-order valence-electron chi connectivity index (χ1n) is 7.27. The summed E-state index contributed by atoms with van der Waals surface area (Å²) in [6.07, 6.45) is 8.85. The largest absolute Gasteiger partial charge is 0.311 e. The van der Waals surface area contributed by atoms with Gasteiger partial charge in [0, 0.05) is 17.3 Å². The predicted molar refractivity (Wildman–Crippen MR) is 84.0 cm³/mol. The number of halogens is 1. The maximum atomic E-state index is 13.3. The molecule has 112 valence electrons. The van der Waals surface area contributed by atoms with Crippen LogP contribution in [0.1, 0.15) is 24.0 Å². The average molecular weight is 296 g/mol. The number of rotatable bonds is 5. The molecule has 2 aromatic rings. The number of nitrogens with one attached hydrogen (secondary N) is 1. The minimum Gasteiger partial charge on any atom is -0.311 e. The van der Waals surface area contributed by atoms with Crippen LogP contribution in [0, 0.1) is 18.2 Å². The van der Waals surface area contributed by atoms with Gasteiger partial charge < -0.3 is 4.57 Å². The minimum atomic E-state index is -0.295. The van der Waals surface area contributed by atoms with Crippen molar-refractivity contribution in [3.05, 3.63) is 69.9 Å². The Morgan fingerprint density at radius 3 is 2.82 bits per heavy atom. The van der Waals surface area contributed by atoms with Crippen LogP contribution in [0.4, 0.5) is 4.39 Å². The molecule has 0 amide bonds. The molecule has 1 fully saturated rings. The summed E-state index contributed by atoms with van der Waals surface area (Å²) in [5, 5.41) is 3.27. The first-order chi connectivity index (χ1) is 10.6. The van der Waals surface area contributed by atoms with Gasteiger partial charge in [0.1, 0.15) is 5.82 Å². The lowest BCUT2D eigenvalue weighted by atomic mass is 10.1. The van der Waals surface area contributed by atoms with Gasteiger partial charge in [-0.15, -0.1) is 6.42 Å². The van der Waals surface area contributed by atoms with Crippen molar-refractivity contribution in [1.82, 2.24) is 9.88 Å². The molecule has 1 aliphatic rings. The summed E-state index contributed by atoms with van der Waals surface area (Å²) in [6.45, 7) is 0.799. The monoisotopic (exact) mass is 296 g/mol. The van der Waals surface area contributed by atoms with Crippen molar-refractivity contribution in [2.75, 3.05) is 6.54 Å². The van der Waals surface area contributed by atoms with Gasteiger partial charge in [0.05, 0.1) is 13.1 Å². The van der Waals surface area contributed by atoms with Gasteiger partial charge in [-0.1, -0.05) is 24.1 Å². The lowest BCUT2D eigenvalue weighted by Crippen LogP contribution is -2.36. The Kier molecular flexibility index (Phi) is 3.82. The molecule has 1 aromatic carbocycles. The Hall–Kier alpha value is -2.38. The van der Waals surface area contributed by atoms with E-state index in [0.29, 0.717) is 13.1 Å². The van der Waals surface area contributed by atoms with Crippen molar-refractivity contribution >= 4 is 0 Å². The summed E-state index contributed by atoms with van der Waals surface area (Å²) < 4.78 is 14.9. The summed E-state index contributed by atoms with van der Waals surface area (Å²) in [6, 6.07) is 10.0. The molecule has 0 spiro atoms. The zero-order chi connectivity index (χ0) is 15.6. The van der Waals surface area contributed by atoms with Crippen LogP contribution in [0.15, 0.2) is 47.4 Å². The highest BCUT2D eigenvalue weighted by atomic mass is 19.1. The molecule has 0 radical (unpaired) electrons. The lowest BCUT2D eigenvalue weighted by molar-refractivity contribution is 0.545. The van der Waals surface area contributed by atoms with Gasteiger partial charge in [0.25, 0.3) is 5.56 Å². The van der Waals surface area contributed by atoms with Crippen LogP contribution in [0.25, 0.3) is 0 Å². The molecular weight excluding hydrogens is 279 g/mol. The number of hydrogen-bond donors (Lipinski definition) is 1. The van der Waals surface area contributed by atoms with Crippen LogP contribution < -0.4 is 10.9 Å². The van der Waals surface area contributed by atoms with E-state index in [1.165, 1.54) is 12.1 Å². The maximum Gasteiger partial charge on any atom is 0.255 e. The molecule has 1 heterocycles. The van der Waals surface area contributed by atoms with E-state index in [4.69, 9.17) is 6.42 Å². The highest BCUT2D eigenvalue weighted by Gasteiger charge is 2.45. The Morgan fingerprint density at radius 1 is 1.32 bits per heavy atom. The molecule has 0 aliphatic heterocycles. The topological polar surface area (TPSA) is 34.0 Å². The zero-order valence-electron chi connectivity index (χ0n) is 12.2. The zero-order valence-corrected chi connectivity index (χ0v) is 12.2. The van der Waals surface area contributed by atoms with E-state index in [1.54, 1.807) is 16.8 Å². The highest BCUT2D eigenvalue weighted by molar-refractivity contribution is 5.29. The summed E-state index contributed by atoms with van der Waals surface area (Å²) in [4.78, 5) is 12.7. The number of pyridine rings is 1. The van der Waals surface area contributed by atoms with E-state index >= 15 is 0 Å². The normalized spacial score (nSPS) is 15.3. The molecule has 0 bridgehead atoms. The van der Waals surface area contributed by atoms with Crippen molar-refractivity contribution < 1.29 is 4.39 Å². The van der Waals surface area contributed by atoms with Crippen molar-refractivity contribution in [2.24, 2.45) is 0 Å². The molecule has 4 heteroatoms. The first kappa shape index (κ1) is 14.6. The number of aromatic nitrogens is 1. The van der Waals surface area contributed by atoms with E-state index in [9.17, 15) is 9.18 Å². The number of benzene rings is 1. The Morgan fingerprint density at radius 2 is 2.14 bits per heavy atom. The minimum absolute atomic E-state index is 0.0474. The third kappa shape index (κ3) is 2.81. The van der Waals surface area contributed by atoms with E-state index < -0.39 is 0 Å². The van der Waals surface area contributed by atoms with Gasteiger partial charge >= 0.3 is 0 Å². The Bertz CT molecular complexity index is 784. The molecule has 0 atom stereocenters. The number of hydrogen-bond acceptors (Lipinski definition) is 2. The number of nitrogens with zero attached hydrogens (tertiary/aromatic N) is 1. The van der Waals surface area contributed by atoms with Crippen LogP contribution in [0.3, 0.4) is 0 Å². The second-order valence-electron chi connectivity index (χ2n) is 5.62. The third-order valence-corrected chi connectivity index (χ3v) is 4.06. The van der Waals surface area contributed by atoms with Gasteiger partial charge in [0.15, 0.2) is 0 Å². The second kappa shape index (κ2) is 5.78. The first-order valence-corrected chi connectivity index (χ1v) is 7.27. The van der Waals surface area contributed by atoms with Crippen molar-refractivity contribution in [3.8, 4) is 12.3 Å². The molecule has 3 rings (SSSR count). The highest BCUT2D eigenvalue weighted by Crippen LogP contribution is 2.43. The van der Waals surface area contributed by atoms with Crippen LogP contribution in [-0.4, -0.2) is 11.1 Å². The number of terminal acetylenes is 1. The molecular formula is C18H17FN2O. The van der Waals surface area contributed by atoms with E-state index in [1.807, 2.05) is 18.2 Å². The van der Waals surface area contributed by atoms with Gasteiger partial charge in [-0.2, -0.15) is 0 Å². The third-order valence-electron chi connectivity index (χ3n) is 4.06. The maximum absolute atomic E-state index is 13.3. The fourth-order valence-corrected chi connectivity index (χ4v) is 2.74. The standard InChI is InChI=1S/C18H17FN2O/c1-2-10-20-18(8-9-18)16-7-4-11-21(17(16)22)13-14-5-3-6-15(19)12-14/h1,3-7,11-12,20H,8-10,13H2. The lowest BCUT2D eigenvalue weighted by Gasteiger charge is -2.17. The summed E-state index contributed by atoms with van der Waals surface area (Å²) in [7, 11) is 0. The van der Waals surface area contributed by atoms with E-state index in [-0.39, 0.29) is 16.9 Å². The van der Waals surface area contributed by atoms with Crippen molar-refractivity contribution in [2.45, 2.75) is 24.9 Å². The van der Waals surface area contributed by atoms with Crippen molar-refractivity contribution in [1.29, 1.82) is 0 Å². The van der Waals surface area contributed by atoms with Gasteiger partial charge in [-0.05, 0) is 36.6 Å². The summed E-state index contributed by atoms with van der Waals surface area (Å²) in [5.74, 6) is 2.26. The molecule has 1 N–H and O–H groups in total. The average Bonchev–Trinajstić information content (AvgIpc) is 3.28. The van der Waals surface area contributed by atoms with Crippen LogP contribution in [-0.2, 0) is 12.1 Å². The Labute approximate surface area is 128 Å². The second-order valence-corrected chi connectivity index (χ2v) is 5.62. The van der Waals surface area contributed by atoms with E-state index in [0.717, 1.165) is 24.0 Å². The SMILES string of the molecule is C#CCNC1(c2cccn(Cc3cccc(F)c3)c2=O)CC1. The fourth-order valence-electron chi connectivity index (χ4n) is 2.74. The smallest absolute Gasteiger partial charge is 0.255 e. The molecule has 1 aliphatic carbocycles. The Balaban J connectivity index is 1.90. The molecule has 3 nitrogen and oxygen atoms in total. The molecule has 1 saturated carbocycles. The summed E-state index contributed by atoms with van der Waals surface area (Å²) in [5.41, 5.74) is 1.17. The van der Waals surface area contributed by atoms with Crippen LogP contribution in [0.5, 0.6) is 0 Å². The fraction of sp³-hybridized carbons (Fsp3) is 0.278. The van der Waals surface area contributed by atoms with Crippen LogP contribution >= 0.6 is 0 Å². The molecule has 1 aromatic heterocycles. The van der Waals surface area contributed by atoms with Gasteiger partial charge in [-0.3, -0.25) is 10.1 Å². The molecule has 0 saturated heterocycles. The van der Waals surface area contributed by atoms with Crippen molar-refractivity contribution in [3.63, 3.8) is 0 Å². The molecule has 0 unspecified atom stereocenters. The molecule has 22 heavy (non-hydrogen) atoms. The van der Waals surface area contributed by atoms with Gasteiger partial charge in [0.2, 0.25) is 0 Å². The van der Waals surface area contributed by atoms with Crippen LogP contribution in [0.2, 0.25) is 0 Å².